The van der Waals surface area contributed by atoms with Gasteiger partial charge in [-0.15, -0.1) is 24.0 Å². The van der Waals surface area contributed by atoms with Crippen molar-refractivity contribution in [2.24, 2.45) is 16.6 Å². The number of aliphatic imine (C=N–C) groups is 1. The molecule has 142 valence electrons. The van der Waals surface area contributed by atoms with Crippen molar-refractivity contribution in [2.45, 2.75) is 45.4 Å². The van der Waals surface area contributed by atoms with Crippen LogP contribution in [0.25, 0.3) is 0 Å². The third kappa shape index (κ3) is 9.45. The molecule has 1 aromatic carbocycles. The van der Waals surface area contributed by atoms with E-state index in [2.05, 4.69) is 52.5 Å². The molecule has 0 aromatic heterocycles. The molecule has 0 radical (unpaired) electrons. The Morgan fingerprint density at radius 1 is 1.20 bits per heavy atom. The average molecular weight is 458 g/mol. The van der Waals surface area contributed by atoms with E-state index < -0.39 is 0 Å². The van der Waals surface area contributed by atoms with E-state index >= 15 is 0 Å². The van der Waals surface area contributed by atoms with E-state index in [-0.39, 0.29) is 24.0 Å². The van der Waals surface area contributed by atoms with Crippen LogP contribution in [-0.2, 0) is 6.42 Å². The van der Waals surface area contributed by atoms with Gasteiger partial charge < -0.3 is 16.0 Å². The second kappa shape index (κ2) is 13.4. The van der Waals surface area contributed by atoms with Crippen LogP contribution < -0.4 is 11.1 Å². The van der Waals surface area contributed by atoms with Gasteiger partial charge in [-0.2, -0.15) is 0 Å². The van der Waals surface area contributed by atoms with E-state index in [1.54, 1.807) is 0 Å². The van der Waals surface area contributed by atoms with Crippen LogP contribution in [0.5, 0.6) is 0 Å². The summed E-state index contributed by atoms with van der Waals surface area (Å²) < 4.78 is 0. The third-order valence-electron chi connectivity index (χ3n) is 4.79. The zero-order chi connectivity index (χ0) is 17.0. The standard InChI is InChI=1S/C20H34N4.HI/c1-2-12-22-20(21)23-13-6-7-14-24-15-10-19(11-16-24)17-18-8-4-3-5-9-18;/h3-5,8-9,19H,2,6-7,10-17H2,1H3,(H3,21,22,23);1H. The van der Waals surface area contributed by atoms with Gasteiger partial charge in [0.05, 0.1) is 0 Å². The molecule has 1 heterocycles. The summed E-state index contributed by atoms with van der Waals surface area (Å²) in [7, 11) is 0. The molecule has 0 bridgehead atoms. The summed E-state index contributed by atoms with van der Waals surface area (Å²) in [6, 6.07) is 10.9. The second-order valence-corrected chi connectivity index (χ2v) is 6.88. The van der Waals surface area contributed by atoms with Crippen molar-refractivity contribution in [3.63, 3.8) is 0 Å². The van der Waals surface area contributed by atoms with Crippen molar-refractivity contribution in [1.29, 1.82) is 0 Å². The van der Waals surface area contributed by atoms with Crippen LogP contribution >= 0.6 is 24.0 Å². The van der Waals surface area contributed by atoms with Crippen molar-refractivity contribution in [3.05, 3.63) is 35.9 Å². The lowest BCUT2D eigenvalue weighted by Gasteiger charge is -2.32. The lowest BCUT2D eigenvalue weighted by atomic mass is 9.90. The lowest BCUT2D eigenvalue weighted by molar-refractivity contribution is 0.181. The summed E-state index contributed by atoms with van der Waals surface area (Å²) in [5.41, 5.74) is 7.28. The lowest BCUT2D eigenvalue weighted by Crippen LogP contribution is -2.36. The Morgan fingerprint density at radius 3 is 2.60 bits per heavy atom. The Labute approximate surface area is 170 Å². The van der Waals surface area contributed by atoms with Crippen LogP contribution in [-0.4, -0.2) is 43.6 Å². The van der Waals surface area contributed by atoms with Crippen LogP contribution in [0.15, 0.2) is 35.3 Å². The van der Waals surface area contributed by atoms with E-state index in [9.17, 15) is 0 Å². The molecule has 1 aromatic rings. The molecule has 1 aliphatic rings. The fraction of sp³-hybridized carbons (Fsp3) is 0.650. The van der Waals surface area contributed by atoms with Crippen molar-refractivity contribution in [3.8, 4) is 0 Å². The van der Waals surface area contributed by atoms with Gasteiger partial charge >= 0.3 is 0 Å². The van der Waals surface area contributed by atoms with Gasteiger partial charge in [-0.1, -0.05) is 37.3 Å². The molecule has 4 nitrogen and oxygen atoms in total. The number of nitrogens with one attached hydrogen (secondary N) is 1. The molecule has 2 rings (SSSR count). The highest BCUT2D eigenvalue weighted by Crippen LogP contribution is 2.21. The number of nitrogens with zero attached hydrogens (tertiary/aromatic N) is 2. The second-order valence-electron chi connectivity index (χ2n) is 6.88. The zero-order valence-corrected chi connectivity index (χ0v) is 18.0. The highest BCUT2D eigenvalue weighted by atomic mass is 127. The SMILES string of the molecule is CCCN=C(N)NCCCCN1CCC(Cc2ccccc2)CC1.I. The van der Waals surface area contributed by atoms with Gasteiger partial charge in [-0.3, -0.25) is 4.99 Å². The minimum atomic E-state index is 0. The van der Waals surface area contributed by atoms with Crippen LogP contribution in [0.3, 0.4) is 0 Å². The fourth-order valence-corrected chi connectivity index (χ4v) is 3.33. The smallest absolute Gasteiger partial charge is 0.188 e. The number of hydrogen-bond donors (Lipinski definition) is 2. The Bertz CT molecular complexity index is 470. The number of rotatable bonds is 9. The van der Waals surface area contributed by atoms with Gasteiger partial charge in [0.1, 0.15) is 0 Å². The molecule has 5 heteroatoms. The number of benzene rings is 1. The molecule has 3 N–H and O–H groups in total. The first kappa shape index (κ1) is 22.2. The van der Waals surface area contributed by atoms with Gasteiger partial charge in [-0.05, 0) is 69.6 Å². The Hall–Kier alpha value is -0.820. The monoisotopic (exact) mass is 458 g/mol. The van der Waals surface area contributed by atoms with E-state index in [4.69, 9.17) is 5.73 Å². The van der Waals surface area contributed by atoms with Gasteiger partial charge in [0.2, 0.25) is 0 Å². The largest absolute Gasteiger partial charge is 0.370 e. The number of piperidine rings is 1. The summed E-state index contributed by atoms with van der Waals surface area (Å²) in [5, 5.41) is 3.20. The van der Waals surface area contributed by atoms with Crippen molar-refractivity contribution in [1.82, 2.24) is 10.2 Å². The minimum Gasteiger partial charge on any atom is -0.370 e. The molecule has 0 atom stereocenters. The third-order valence-corrected chi connectivity index (χ3v) is 4.79. The van der Waals surface area contributed by atoms with Gasteiger partial charge in [0.15, 0.2) is 5.96 Å². The predicted octanol–water partition coefficient (Wildman–Crippen LogP) is 3.65. The molecule has 0 aliphatic carbocycles. The molecular formula is C20H35IN4. The maximum absolute atomic E-state index is 5.79. The summed E-state index contributed by atoms with van der Waals surface area (Å²) >= 11 is 0. The summed E-state index contributed by atoms with van der Waals surface area (Å²) in [5.74, 6) is 1.46. The van der Waals surface area contributed by atoms with Crippen LogP contribution in [0, 0.1) is 5.92 Å². The normalized spacial score (nSPS) is 16.4. The maximum atomic E-state index is 5.79. The van der Waals surface area contributed by atoms with Gasteiger partial charge in [0.25, 0.3) is 0 Å². The molecule has 0 amide bonds. The first-order chi connectivity index (χ1) is 11.8. The molecule has 1 fully saturated rings. The first-order valence-corrected chi connectivity index (χ1v) is 9.58. The Morgan fingerprint density at radius 2 is 1.92 bits per heavy atom. The summed E-state index contributed by atoms with van der Waals surface area (Å²) in [6.07, 6.45) is 7.36. The summed E-state index contributed by atoms with van der Waals surface area (Å²) in [6.45, 7) is 7.59. The predicted molar refractivity (Wildman–Crippen MR) is 119 cm³/mol. The molecule has 1 aliphatic heterocycles. The van der Waals surface area contributed by atoms with Crippen molar-refractivity contribution >= 4 is 29.9 Å². The topological polar surface area (TPSA) is 53.6 Å². The number of likely N-dealkylation sites (tertiary alicyclic amines) is 1. The van der Waals surface area contributed by atoms with Crippen LogP contribution in [0.1, 0.15) is 44.6 Å². The number of guanidine groups is 1. The van der Waals surface area contributed by atoms with Crippen molar-refractivity contribution < 1.29 is 0 Å². The quantitative estimate of drug-likeness (QED) is 0.257. The minimum absolute atomic E-state index is 0. The van der Waals surface area contributed by atoms with Gasteiger partial charge in [0, 0.05) is 13.1 Å². The Balaban J connectivity index is 0.00000312. The number of nitrogens with two attached hydrogens (primary N) is 1. The highest BCUT2D eigenvalue weighted by Gasteiger charge is 2.18. The van der Waals surface area contributed by atoms with Gasteiger partial charge in [-0.25, -0.2) is 0 Å². The molecule has 1 saturated heterocycles. The number of hydrogen-bond acceptors (Lipinski definition) is 2. The van der Waals surface area contributed by atoms with E-state index in [1.165, 1.54) is 50.9 Å². The van der Waals surface area contributed by atoms with Crippen molar-refractivity contribution in [2.75, 3.05) is 32.7 Å². The highest BCUT2D eigenvalue weighted by molar-refractivity contribution is 14.0. The average Bonchev–Trinajstić information content (AvgIpc) is 2.62. The van der Waals surface area contributed by atoms with E-state index in [0.717, 1.165) is 31.8 Å². The van der Waals surface area contributed by atoms with Crippen LogP contribution in [0.2, 0.25) is 0 Å². The first-order valence-electron chi connectivity index (χ1n) is 9.58. The van der Waals surface area contributed by atoms with Crippen LogP contribution in [0.4, 0.5) is 0 Å². The summed E-state index contributed by atoms with van der Waals surface area (Å²) in [4.78, 5) is 6.87. The number of unbranched alkanes of at least 4 members (excludes halogenated alkanes) is 1. The molecule has 0 saturated carbocycles. The molecular weight excluding hydrogens is 423 g/mol. The Kier molecular flexibility index (Phi) is 11.9. The van der Waals surface area contributed by atoms with E-state index in [0.29, 0.717) is 5.96 Å². The van der Waals surface area contributed by atoms with E-state index in [1.807, 2.05) is 0 Å². The fourth-order valence-electron chi connectivity index (χ4n) is 3.33. The molecule has 25 heavy (non-hydrogen) atoms. The number of halogens is 1. The zero-order valence-electron chi connectivity index (χ0n) is 15.6. The maximum Gasteiger partial charge on any atom is 0.188 e. The molecule has 0 spiro atoms. The molecule has 0 unspecified atom stereocenters.